The lowest BCUT2D eigenvalue weighted by molar-refractivity contribution is -0.140. The van der Waals surface area contributed by atoms with Crippen molar-refractivity contribution in [1.29, 1.82) is 0 Å². The highest BCUT2D eigenvalue weighted by atomic mass is 16.4. The third-order valence-electron chi connectivity index (χ3n) is 1.73. The van der Waals surface area contributed by atoms with Crippen LogP contribution in [0.4, 0.5) is 0 Å². The molecule has 1 aliphatic rings. The molecule has 0 aliphatic carbocycles. The first-order chi connectivity index (χ1) is 7.09. The molecular formula is C8H12N4O3. The van der Waals surface area contributed by atoms with Crippen LogP contribution in [0.5, 0.6) is 0 Å². The molecule has 7 nitrogen and oxygen atoms in total. The molecule has 15 heavy (non-hydrogen) atoms. The van der Waals surface area contributed by atoms with E-state index < -0.39 is 17.9 Å². The van der Waals surface area contributed by atoms with Crippen molar-refractivity contribution in [3.8, 4) is 0 Å². The van der Waals surface area contributed by atoms with Crippen LogP contribution in [0.15, 0.2) is 17.3 Å². The molecule has 1 rings (SSSR count). The van der Waals surface area contributed by atoms with E-state index in [0.29, 0.717) is 12.5 Å². The second kappa shape index (κ2) is 4.99. The number of nitrogens with one attached hydrogen (secondary N) is 2. The van der Waals surface area contributed by atoms with E-state index in [1.165, 1.54) is 0 Å². The fraction of sp³-hybridized carbons (Fsp3) is 0.375. The number of carboxylic acids is 1. The number of aliphatic carboxylic acids is 1. The fourth-order valence-corrected chi connectivity index (χ4v) is 1.05. The summed E-state index contributed by atoms with van der Waals surface area (Å²) < 4.78 is 0. The van der Waals surface area contributed by atoms with Gasteiger partial charge in [0.15, 0.2) is 0 Å². The summed E-state index contributed by atoms with van der Waals surface area (Å²) in [5.41, 5.74) is 4.92. The van der Waals surface area contributed by atoms with Crippen LogP contribution in [0.2, 0.25) is 0 Å². The standard InChI is InChI=1S/C8H12N4O3/c9-6(13)3-5(8(14)15)12-7-1-2-10-4-11-7/h1-2,5,10H,3-4H2,(H2,9,13)(H,11,12)(H,14,15)/t5-/m0/s1. The molecule has 0 unspecified atom stereocenters. The smallest absolute Gasteiger partial charge is 0.326 e. The lowest BCUT2D eigenvalue weighted by Crippen LogP contribution is -2.43. The first-order valence-electron chi connectivity index (χ1n) is 4.31. The summed E-state index contributed by atoms with van der Waals surface area (Å²) in [5, 5.41) is 14.2. The van der Waals surface area contributed by atoms with Gasteiger partial charge in [-0.25, -0.2) is 9.79 Å². The first kappa shape index (κ1) is 11.0. The average molecular weight is 212 g/mol. The number of amides is 1. The normalized spacial score (nSPS) is 16.1. The molecule has 0 saturated heterocycles. The van der Waals surface area contributed by atoms with E-state index in [2.05, 4.69) is 15.6 Å². The molecule has 0 aromatic rings. The molecule has 5 N–H and O–H groups in total. The summed E-state index contributed by atoms with van der Waals surface area (Å²) in [6.45, 7) is 0.377. The quantitative estimate of drug-likeness (QED) is 0.446. The van der Waals surface area contributed by atoms with E-state index in [9.17, 15) is 9.59 Å². The number of hydrogen-bond acceptors (Lipinski definition) is 5. The van der Waals surface area contributed by atoms with Gasteiger partial charge in [0.2, 0.25) is 5.91 Å². The predicted molar refractivity (Wildman–Crippen MR) is 52.9 cm³/mol. The minimum Gasteiger partial charge on any atom is -0.480 e. The van der Waals surface area contributed by atoms with Crippen LogP contribution < -0.4 is 16.4 Å². The molecule has 0 spiro atoms. The van der Waals surface area contributed by atoms with Crippen molar-refractivity contribution in [2.75, 3.05) is 6.67 Å². The van der Waals surface area contributed by atoms with Gasteiger partial charge in [0.25, 0.3) is 0 Å². The van der Waals surface area contributed by atoms with Gasteiger partial charge in [-0.1, -0.05) is 0 Å². The lowest BCUT2D eigenvalue weighted by atomic mass is 10.2. The summed E-state index contributed by atoms with van der Waals surface area (Å²) in [5.74, 6) is -1.39. The highest BCUT2D eigenvalue weighted by molar-refractivity contribution is 5.97. The highest BCUT2D eigenvalue weighted by Gasteiger charge is 2.20. The number of carboxylic acid groups (broad SMARTS) is 1. The molecule has 1 amide bonds. The topological polar surface area (TPSA) is 117 Å². The molecule has 0 bridgehead atoms. The van der Waals surface area contributed by atoms with Gasteiger partial charge in [0.1, 0.15) is 18.5 Å². The van der Waals surface area contributed by atoms with Crippen molar-refractivity contribution in [2.24, 2.45) is 10.7 Å². The molecule has 0 saturated carbocycles. The van der Waals surface area contributed by atoms with Gasteiger partial charge in [0.05, 0.1) is 6.42 Å². The predicted octanol–water partition coefficient (Wildman–Crippen LogP) is -1.62. The lowest BCUT2D eigenvalue weighted by Gasteiger charge is -2.15. The highest BCUT2D eigenvalue weighted by Crippen LogP contribution is 1.94. The molecular weight excluding hydrogens is 200 g/mol. The van der Waals surface area contributed by atoms with Crippen molar-refractivity contribution in [3.63, 3.8) is 0 Å². The van der Waals surface area contributed by atoms with Gasteiger partial charge >= 0.3 is 5.97 Å². The van der Waals surface area contributed by atoms with Crippen LogP contribution in [0.25, 0.3) is 0 Å². The number of primary amides is 1. The van der Waals surface area contributed by atoms with Crippen LogP contribution in [0, 0.1) is 0 Å². The maximum absolute atomic E-state index is 10.7. The maximum atomic E-state index is 10.7. The third-order valence-corrected chi connectivity index (χ3v) is 1.73. The van der Waals surface area contributed by atoms with Crippen LogP contribution in [-0.4, -0.2) is 35.5 Å². The van der Waals surface area contributed by atoms with E-state index >= 15 is 0 Å². The van der Waals surface area contributed by atoms with Gasteiger partial charge in [-0.05, 0) is 6.08 Å². The number of hydrogen-bond donors (Lipinski definition) is 4. The Morgan fingerprint density at radius 1 is 1.73 bits per heavy atom. The Hall–Kier alpha value is -2.05. The van der Waals surface area contributed by atoms with E-state index in [0.717, 1.165) is 0 Å². The number of aliphatic imine (C=N–C) groups is 1. The zero-order chi connectivity index (χ0) is 11.3. The number of carbonyl (C=O) groups is 2. The Kier molecular flexibility index (Phi) is 3.67. The number of amidine groups is 1. The minimum absolute atomic E-state index is 0.268. The van der Waals surface area contributed by atoms with E-state index in [1.807, 2.05) is 0 Å². The summed E-state index contributed by atoms with van der Waals surface area (Å²) in [7, 11) is 0. The largest absolute Gasteiger partial charge is 0.480 e. The Balaban J connectivity index is 2.58. The van der Waals surface area contributed by atoms with Crippen molar-refractivity contribution in [3.05, 3.63) is 12.3 Å². The molecule has 1 aliphatic heterocycles. The monoisotopic (exact) mass is 212 g/mol. The van der Waals surface area contributed by atoms with Gasteiger partial charge < -0.3 is 21.5 Å². The molecule has 1 atom stereocenters. The Morgan fingerprint density at radius 3 is 2.93 bits per heavy atom. The molecule has 0 radical (unpaired) electrons. The molecule has 1 heterocycles. The molecule has 0 aromatic carbocycles. The zero-order valence-corrected chi connectivity index (χ0v) is 7.93. The van der Waals surface area contributed by atoms with E-state index in [1.54, 1.807) is 12.3 Å². The first-order valence-corrected chi connectivity index (χ1v) is 4.31. The van der Waals surface area contributed by atoms with Crippen molar-refractivity contribution < 1.29 is 14.7 Å². The third kappa shape index (κ3) is 3.67. The second-order valence-electron chi connectivity index (χ2n) is 2.94. The SMILES string of the molecule is NC(=O)C[C@H](NC1=NCNC=C1)C(=O)O. The van der Waals surface area contributed by atoms with Crippen molar-refractivity contribution in [1.82, 2.24) is 10.6 Å². The van der Waals surface area contributed by atoms with Crippen molar-refractivity contribution >= 4 is 17.7 Å². The van der Waals surface area contributed by atoms with Gasteiger partial charge in [-0.3, -0.25) is 4.79 Å². The van der Waals surface area contributed by atoms with Gasteiger partial charge in [0, 0.05) is 6.20 Å². The van der Waals surface area contributed by atoms with Crippen molar-refractivity contribution in [2.45, 2.75) is 12.5 Å². The number of nitrogens with zero attached hydrogens (tertiary/aromatic N) is 1. The Morgan fingerprint density at radius 2 is 2.47 bits per heavy atom. The molecule has 82 valence electrons. The Labute approximate surface area is 86.1 Å². The van der Waals surface area contributed by atoms with Crippen LogP contribution in [-0.2, 0) is 9.59 Å². The summed E-state index contributed by atoms with van der Waals surface area (Å²) in [4.78, 5) is 25.3. The maximum Gasteiger partial charge on any atom is 0.326 e. The number of carbonyl (C=O) groups excluding carboxylic acids is 1. The van der Waals surface area contributed by atoms with Crippen LogP contribution in [0.3, 0.4) is 0 Å². The number of nitrogens with two attached hydrogens (primary N) is 1. The van der Waals surface area contributed by atoms with E-state index in [-0.39, 0.29) is 6.42 Å². The summed E-state index contributed by atoms with van der Waals surface area (Å²) in [6, 6.07) is -1.04. The summed E-state index contributed by atoms with van der Waals surface area (Å²) in [6.07, 6.45) is 2.95. The molecule has 7 heteroatoms. The minimum atomic E-state index is -1.14. The fourth-order valence-electron chi connectivity index (χ4n) is 1.05. The molecule has 0 fully saturated rings. The summed E-state index contributed by atoms with van der Waals surface area (Å²) >= 11 is 0. The Bertz CT molecular complexity index is 324. The average Bonchev–Trinajstić information content (AvgIpc) is 2.17. The molecule has 0 aromatic heterocycles. The zero-order valence-electron chi connectivity index (χ0n) is 7.93. The van der Waals surface area contributed by atoms with Gasteiger partial charge in [-0.15, -0.1) is 0 Å². The van der Waals surface area contributed by atoms with Gasteiger partial charge in [-0.2, -0.15) is 0 Å². The van der Waals surface area contributed by atoms with E-state index in [4.69, 9.17) is 10.8 Å². The van der Waals surface area contributed by atoms with Crippen LogP contribution in [0.1, 0.15) is 6.42 Å². The van der Waals surface area contributed by atoms with Crippen LogP contribution >= 0.6 is 0 Å². The second-order valence-corrected chi connectivity index (χ2v) is 2.94. The number of rotatable bonds is 4.